The molecule has 1 heterocycles. The van der Waals surface area contributed by atoms with Crippen LogP contribution in [0, 0.1) is 11.3 Å². The second kappa shape index (κ2) is 6.46. The maximum absolute atomic E-state index is 11.3. The van der Waals surface area contributed by atoms with Gasteiger partial charge in [0.05, 0.1) is 30.9 Å². The number of nitrogens with one attached hydrogen (secondary N) is 1. The van der Waals surface area contributed by atoms with E-state index in [0.29, 0.717) is 12.1 Å². The average Bonchev–Trinajstić information content (AvgIpc) is 2.94. The number of hydrogen-bond acceptors (Lipinski definition) is 5. The molecule has 2 rings (SSSR count). The Bertz CT molecular complexity index is 566. The Morgan fingerprint density at radius 3 is 3.00 bits per heavy atom. The highest BCUT2D eigenvalue weighted by molar-refractivity contribution is 5.68. The molecule has 0 aromatic heterocycles. The maximum Gasteiger partial charge on any atom is 0.407 e. The van der Waals surface area contributed by atoms with Crippen molar-refractivity contribution in [3.8, 4) is 6.07 Å². The number of carbonyl (C=O) groups is 1. The van der Waals surface area contributed by atoms with Crippen LogP contribution >= 0.6 is 0 Å². The fourth-order valence-electron chi connectivity index (χ4n) is 2.56. The van der Waals surface area contributed by atoms with Gasteiger partial charge in [-0.3, -0.25) is 0 Å². The highest BCUT2D eigenvalue weighted by Crippen LogP contribution is 2.30. The lowest BCUT2D eigenvalue weighted by Crippen LogP contribution is -2.37. The van der Waals surface area contributed by atoms with Gasteiger partial charge in [-0.15, -0.1) is 0 Å². The summed E-state index contributed by atoms with van der Waals surface area (Å²) in [4.78, 5) is 13.3. The van der Waals surface area contributed by atoms with Crippen LogP contribution in [-0.2, 0) is 4.74 Å². The van der Waals surface area contributed by atoms with E-state index in [1.807, 2.05) is 0 Å². The zero-order valence-corrected chi connectivity index (χ0v) is 12.2. The Hall–Kier alpha value is -2.26. The number of carbonyl (C=O) groups excluding carboxylic acids is 1. The highest BCUT2D eigenvalue weighted by Gasteiger charge is 2.26. The molecule has 6 heteroatoms. The number of amides is 1. The third-order valence-corrected chi connectivity index (χ3v) is 3.65. The lowest BCUT2D eigenvalue weighted by molar-refractivity contribution is 0.167. The minimum atomic E-state index is -0.611. The number of methoxy groups -OCH3 is 1. The number of anilines is 1. The lowest BCUT2D eigenvalue weighted by atomic mass is 10.0. The molecule has 0 saturated carbocycles. The van der Waals surface area contributed by atoms with E-state index in [0.717, 1.165) is 24.2 Å². The molecule has 1 amide bonds. The summed E-state index contributed by atoms with van der Waals surface area (Å²) in [6.07, 6.45) is -0.255. The first-order valence-corrected chi connectivity index (χ1v) is 6.86. The van der Waals surface area contributed by atoms with Gasteiger partial charge in [-0.2, -0.15) is 5.26 Å². The summed E-state index contributed by atoms with van der Waals surface area (Å²) in [5.74, 6) is 0. The smallest absolute Gasteiger partial charge is 0.407 e. The van der Waals surface area contributed by atoms with Crippen molar-refractivity contribution in [3.63, 3.8) is 0 Å². The van der Waals surface area contributed by atoms with E-state index in [4.69, 9.17) is 5.26 Å². The van der Waals surface area contributed by atoms with Crippen molar-refractivity contribution in [1.29, 1.82) is 5.26 Å². The number of aliphatic hydroxyl groups is 1. The summed E-state index contributed by atoms with van der Waals surface area (Å²) in [6.45, 7) is 3.08. The normalized spacial score (nSPS) is 19.0. The number of nitriles is 1. The predicted octanol–water partition coefficient (Wildman–Crippen LogP) is 1.55. The van der Waals surface area contributed by atoms with Gasteiger partial charge >= 0.3 is 6.09 Å². The van der Waals surface area contributed by atoms with Crippen LogP contribution < -0.4 is 10.2 Å². The summed E-state index contributed by atoms with van der Waals surface area (Å²) in [5, 5.41) is 21.7. The van der Waals surface area contributed by atoms with E-state index in [1.54, 1.807) is 25.1 Å². The van der Waals surface area contributed by atoms with Gasteiger partial charge in [0.1, 0.15) is 0 Å². The maximum atomic E-state index is 11.3. The van der Waals surface area contributed by atoms with Crippen LogP contribution in [0.15, 0.2) is 18.2 Å². The Labute approximate surface area is 123 Å². The van der Waals surface area contributed by atoms with E-state index in [1.165, 1.54) is 7.11 Å². The van der Waals surface area contributed by atoms with Crippen LogP contribution in [0.3, 0.4) is 0 Å². The van der Waals surface area contributed by atoms with Crippen molar-refractivity contribution >= 4 is 11.8 Å². The van der Waals surface area contributed by atoms with Crippen LogP contribution in [-0.4, -0.2) is 37.4 Å². The summed E-state index contributed by atoms with van der Waals surface area (Å²) >= 11 is 0. The molecule has 1 saturated heterocycles. The molecule has 0 bridgehead atoms. The molecule has 2 atom stereocenters. The van der Waals surface area contributed by atoms with Crippen LogP contribution in [0.5, 0.6) is 0 Å². The Morgan fingerprint density at radius 1 is 1.62 bits per heavy atom. The lowest BCUT2D eigenvalue weighted by Gasteiger charge is -2.23. The SMILES string of the molecule is COC(=O)NC1CCN(c2cc(C#N)ccc2C(C)O)C1. The highest BCUT2D eigenvalue weighted by atomic mass is 16.5. The van der Waals surface area contributed by atoms with Gasteiger partial charge in [-0.1, -0.05) is 6.07 Å². The van der Waals surface area contributed by atoms with Crippen molar-refractivity contribution in [2.24, 2.45) is 0 Å². The molecule has 0 aliphatic carbocycles. The Balaban J connectivity index is 2.18. The molecule has 1 aromatic carbocycles. The second-order valence-corrected chi connectivity index (χ2v) is 5.13. The molecular formula is C15H19N3O3. The van der Waals surface area contributed by atoms with Crippen LogP contribution in [0.4, 0.5) is 10.5 Å². The third-order valence-electron chi connectivity index (χ3n) is 3.65. The first-order chi connectivity index (χ1) is 10.0. The molecule has 0 spiro atoms. The van der Waals surface area contributed by atoms with Crippen LogP contribution in [0.25, 0.3) is 0 Å². The van der Waals surface area contributed by atoms with E-state index in [2.05, 4.69) is 21.0 Å². The zero-order valence-electron chi connectivity index (χ0n) is 12.2. The first kappa shape index (κ1) is 15.1. The molecule has 21 heavy (non-hydrogen) atoms. The van der Waals surface area contributed by atoms with E-state index < -0.39 is 12.2 Å². The molecule has 2 unspecified atom stereocenters. The zero-order chi connectivity index (χ0) is 15.4. The fourth-order valence-corrected chi connectivity index (χ4v) is 2.56. The van der Waals surface area contributed by atoms with E-state index in [9.17, 15) is 9.90 Å². The summed E-state index contributed by atoms with van der Waals surface area (Å²) in [7, 11) is 1.34. The molecule has 112 valence electrons. The topological polar surface area (TPSA) is 85.6 Å². The van der Waals surface area contributed by atoms with Crippen molar-refractivity contribution in [1.82, 2.24) is 5.32 Å². The second-order valence-electron chi connectivity index (χ2n) is 5.13. The summed E-state index contributed by atoms with van der Waals surface area (Å²) in [5.41, 5.74) is 2.18. The standard InChI is InChI=1S/C15H19N3O3/c1-10(19)13-4-3-11(8-16)7-14(13)18-6-5-12(9-18)17-15(20)21-2/h3-4,7,10,12,19H,5-6,9H2,1-2H3,(H,17,20). The van der Waals surface area contributed by atoms with Gasteiger partial charge in [-0.05, 0) is 25.5 Å². The first-order valence-electron chi connectivity index (χ1n) is 6.86. The van der Waals surface area contributed by atoms with Gasteiger partial charge < -0.3 is 20.1 Å². The average molecular weight is 289 g/mol. The van der Waals surface area contributed by atoms with Gasteiger partial charge in [0, 0.05) is 24.3 Å². The summed E-state index contributed by atoms with van der Waals surface area (Å²) < 4.78 is 4.60. The number of hydrogen-bond donors (Lipinski definition) is 2. The number of alkyl carbamates (subject to hydrolysis) is 1. The molecule has 6 nitrogen and oxygen atoms in total. The van der Waals surface area contributed by atoms with Gasteiger partial charge in [0.15, 0.2) is 0 Å². The largest absolute Gasteiger partial charge is 0.453 e. The number of rotatable bonds is 3. The number of benzene rings is 1. The van der Waals surface area contributed by atoms with Gasteiger partial charge in [0.2, 0.25) is 0 Å². The van der Waals surface area contributed by atoms with Crippen molar-refractivity contribution in [3.05, 3.63) is 29.3 Å². The molecular weight excluding hydrogens is 270 g/mol. The molecule has 1 aromatic rings. The van der Waals surface area contributed by atoms with E-state index in [-0.39, 0.29) is 6.04 Å². The number of ether oxygens (including phenoxy) is 1. The van der Waals surface area contributed by atoms with Crippen LogP contribution in [0.1, 0.15) is 30.6 Å². The Kier molecular flexibility index (Phi) is 4.66. The molecule has 1 aliphatic heterocycles. The molecule has 1 fully saturated rings. The van der Waals surface area contributed by atoms with Crippen molar-refractivity contribution in [2.75, 3.05) is 25.1 Å². The van der Waals surface area contributed by atoms with Gasteiger partial charge in [0.25, 0.3) is 0 Å². The predicted molar refractivity (Wildman–Crippen MR) is 77.9 cm³/mol. The molecule has 1 aliphatic rings. The van der Waals surface area contributed by atoms with Crippen molar-refractivity contribution < 1.29 is 14.6 Å². The fraction of sp³-hybridized carbons (Fsp3) is 0.467. The van der Waals surface area contributed by atoms with Crippen molar-refractivity contribution in [2.45, 2.75) is 25.5 Å². The minimum absolute atomic E-state index is 0.00467. The number of aliphatic hydroxyl groups excluding tert-OH is 1. The third kappa shape index (κ3) is 3.44. The summed E-state index contributed by atoms with van der Waals surface area (Å²) in [6, 6.07) is 7.37. The van der Waals surface area contributed by atoms with Gasteiger partial charge in [-0.25, -0.2) is 4.79 Å². The molecule has 2 N–H and O–H groups in total. The van der Waals surface area contributed by atoms with E-state index >= 15 is 0 Å². The monoisotopic (exact) mass is 289 g/mol. The minimum Gasteiger partial charge on any atom is -0.453 e. The Morgan fingerprint density at radius 2 is 2.38 bits per heavy atom. The quantitative estimate of drug-likeness (QED) is 0.881. The molecule has 0 radical (unpaired) electrons. The van der Waals surface area contributed by atoms with Crippen LogP contribution in [0.2, 0.25) is 0 Å². The number of nitrogens with zero attached hydrogens (tertiary/aromatic N) is 2.